The van der Waals surface area contributed by atoms with Gasteiger partial charge in [0.15, 0.2) is 12.4 Å². The second-order valence-electron chi connectivity index (χ2n) is 4.35. The predicted molar refractivity (Wildman–Crippen MR) is 71.1 cm³/mol. The zero-order valence-electron chi connectivity index (χ0n) is 12.6. The Morgan fingerprint density at radius 3 is 2.40 bits per heavy atom. The summed E-state index contributed by atoms with van der Waals surface area (Å²) < 4.78 is 20.0. The van der Waals surface area contributed by atoms with Crippen LogP contribution in [0.15, 0.2) is 0 Å². The maximum atomic E-state index is 11.7. The quantitative estimate of drug-likeness (QED) is 0.316. The van der Waals surface area contributed by atoms with Crippen molar-refractivity contribution >= 4 is 5.97 Å². The first-order valence-corrected chi connectivity index (χ1v) is 6.68. The molecular formula is C13H26O7. The number of carbonyl (C=O) groups is 1. The van der Waals surface area contributed by atoms with Gasteiger partial charge in [-0.2, -0.15) is 0 Å². The largest absolute Gasteiger partial charge is 0.467 e. The number of methoxy groups -OCH3 is 2. The molecule has 0 aromatic carbocycles. The van der Waals surface area contributed by atoms with Gasteiger partial charge in [0.25, 0.3) is 0 Å². The molecule has 7 heteroatoms. The molecule has 0 saturated heterocycles. The molecular weight excluding hydrogens is 268 g/mol. The molecule has 20 heavy (non-hydrogen) atoms. The molecule has 4 atom stereocenters. The van der Waals surface area contributed by atoms with Gasteiger partial charge in [-0.25, -0.2) is 4.79 Å². The van der Waals surface area contributed by atoms with E-state index in [0.29, 0.717) is 6.61 Å². The molecule has 2 unspecified atom stereocenters. The van der Waals surface area contributed by atoms with Crippen molar-refractivity contribution in [1.29, 1.82) is 0 Å². The molecule has 0 aliphatic rings. The zero-order chi connectivity index (χ0) is 15.5. The van der Waals surface area contributed by atoms with E-state index in [1.807, 2.05) is 6.92 Å². The summed E-state index contributed by atoms with van der Waals surface area (Å²) in [6.07, 6.45) is -2.30. The molecule has 0 saturated carbocycles. The van der Waals surface area contributed by atoms with Gasteiger partial charge in [-0.15, -0.1) is 0 Å². The number of ether oxygens (including phenoxy) is 4. The summed E-state index contributed by atoms with van der Waals surface area (Å²) in [5, 5.41) is 19.1. The normalized spacial score (nSPS) is 17.3. The van der Waals surface area contributed by atoms with E-state index in [0.717, 1.165) is 12.8 Å². The van der Waals surface area contributed by atoms with Gasteiger partial charge in [-0.3, -0.25) is 0 Å². The summed E-state index contributed by atoms with van der Waals surface area (Å²) in [6.45, 7) is 3.70. The highest BCUT2D eigenvalue weighted by atomic mass is 16.7. The average molecular weight is 294 g/mol. The molecule has 0 heterocycles. The molecule has 0 aliphatic carbocycles. The van der Waals surface area contributed by atoms with Gasteiger partial charge in [0.05, 0.1) is 19.8 Å². The van der Waals surface area contributed by atoms with E-state index in [9.17, 15) is 9.90 Å². The second kappa shape index (κ2) is 11.0. The Hall–Kier alpha value is -0.730. The molecule has 0 spiro atoms. The van der Waals surface area contributed by atoms with Crippen LogP contribution in [-0.2, 0) is 23.7 Å². The third kappa shape index (κ3) is 6.62. The number of hydrogen-bond acceptors (Lipinski definition) is 7. The van der Waals surface area contributed by atoms with E-state index < -0.39 is 37.2 Å². The molecule has 0 amide bonds. The Morgan fingerprint density at radius 1 is 1.30 bits per heavy atom. The zero-order valence-corrected chi connectivity index (χ0v) is 12.6. The molecule has 120 valence electrons. The van der Waals surface area contributed by atoms with Crippen LogP contribution in [0.2, 0.25) is 0 Å². The predicted octanol–water partition coefficient (Wildman–Crippen LogP) is 0.0755. The number of aliphatic hydroxyl groups excluding tert-OH is 2. The molecule has 0 fully saturated rings. The van der Waals surface area contributed by atoms with Crippen molar-refractivity contribution in [2.24, 2.45) is 0 Å². The van der Waals surface area contributed by atoms with E-state index in [1.54, 1.807) is 6.92 Å². The van der Waals surface area contributed by atoms with Gasteiger partial charge >= 0.3 is 5.97 Å². The highest BCUT2D eigenvalue weighted by molar-refractivity contribution is 5.75. The fraction of sp³-hybridized carbons (Fsp3) is 0.923. The lowest BCUT2D eigenvalue weighted by Gasteiger charge is -2.28. The number of esters is 1. The minimum absolute atomic E-state index is 0.443. The minimum atomic E-state index is -1.28. The van der Waals surface area contributed by atoms with Gasteiger partial charge in [0.1, 0.15) is 6.10 Å². The molecule has 0 aromatic heterocycles. The Morgan fingerprint density at radius 2 is 1.95 bits per heavy atom. The third-order valence-electron chi connectivity index (χ3n) is 2.81. The maximum absolute atomic E-state index is 11.7. The van der Waals surface area contributed by atoms with Crippen molar-refractivity contribution in [2.45, 2.75) is 51.3 Å². The molecule has 7 nitrogen and oxygen atoms in total. The van der Waals surface area contributed by atoms with Gasteiger partial charge in [-0.1, -0.05) is 13.3 Å². The van der Waals surface area contributed by atoms with Gasteiger partial charge in [0, 0.05) is 13.7 Å². The number of carbonyl (C=O) groups excluding carboxylic acids is 1. The van der Waals surface area contributed by atoms with Crippen molar-refractivity contribution in [3.63, 3.8) is 0 Å². The first-order chi connectivity index (χ1) is 9.51. The summed E-state index contributed by atoms with van der Waals surface area (Å²) in [7, 11) is 2.51. The summed E-state index contributed by atoms with van der Waals surface area (Å²) in [5.41, 5.74) is 0. The topological polar surface area (TPSA) is 94.5 Å². The third-order valence-corrected chi connectivity index (χ3v) is 2.81. The lowest BCUT2D eigenvalue weighted by atomic mass is 10.1. The minimum Gasteiger partial charge on any atom is -0.467 e. The molecule has 0 radical (unpaired) electrons. The molecule has 0 rings (SSSR count). The summed E-state index contributed by atoms with van der Waals surface area (Å²) in [6, 6.07) is 0. The van der Waals surface area contributed by atoms with Crippen LogP contribution in [0.25, 0.3) is 0 Å². The molecule has 0 bridgehead atoms. The van der Waals surface area contributed by atoms with Gasteiger partial charge in [-0.05, 0) is 13.3 Å². The van der Waals surface area contributed by atoms with Crippen LogP contribution < -0.4 is 0 Å². The second-order valence-corrected chi connectivity index (χ2v) is 4.35. The summed E-state index contributed by atoms with van der Waals surface area (Å²) in [5.74, 6) is -0.751. The number of rotatable bonds is 11. The Bertz CT molecular complexity index is 255. The van der Waals surface area contributed by atoms with E-state index in [-0.39, 0.29) is 0 Å². The number of aliphatic hydroxyl groups is 2. The lowest BCUT2D eigenvalue weighted by molar-refractivity contribution is -0.218. The fourth-order valence-corrected chi connectivity index (χ4v) is 1.49. The average Bonchev–Trinajstić information content (AvgIpc) is 2.47. The van der Waals surface area contributed by atoms with Crippen molar-refractivity contribution in [2.75, 3.05) is 27.4 Å². The maximum Gasteiger partial charge on any atom is 0.337 e. The smallest absolute Gasteiger partial charge is 0.337 e. The Balaban J connectivity index is 4.62. The first-order valence-electron chi connectivity index (χ1n) is 6.68. The van der Waals surface area contributed by atoms with Crippen molar-refractivity contribution < 1.29 is 34.0 Å². The standard InChI is InChI=1S/C13H26O7/c1-5-6-7-19-9(2)11(15)12(13(16)18-4)20-10(8-14)17-3/h9-12,14-15H,5-8H2,1-4H3/t9-,10?,11+,12?/m0/s1. The van der Waals surface area contributed by atoms with Crippen LogP contribution in [0.3, 0.4) is 0 Å². The van der Waals surface area contributed by atoms with Crippen molar-refractivity contribution in [3.8, 4) is 0 Å². The number of hydrogen-bond donors (Lipinski definition) is 2. The first kappa shape index (κ1) is 19.3. The van der Waals surface area contributed by atoms with E-state index in [2.05, 4.69) is 4.74 Å². The summed E-state index contributed by atoms with van der Waals surface area (Å²) in [4.78, 5) is 11.7. The number of unbranched alkanes of at least 4 members (excludes halogenated alkanes) is 1. The van der Waals surface area contributed by atoms with Crippen LogP contribution in [-0.4, -0.2) is 68.2 Å². The van der Waals surface area contributed by atoms with Crippen LogP contribution >= 0.6 is 0 Å². The van der Waals surface area contributed by atoms with Gasteiger partial charge < -0.3 is 29.2 Å². The Labute approximate surface area is 119 Å². The van der Waals surface area contributed by atoms with Gasteiger partial charge in [0.2, 0.25) is 0 Å². The Kier molecular flexibility index (Phi) is 10.6. The molecule has 0 aromatic rings. The highest BCUT2D eigenvalue weighted by Crippen LogP contribution is 2.13. The monoisotopic (exact) mass is 294 g/mol. The van der Waals surface area contributed by atoms with Crippen molar-refractivity contribution in [1.82, 2.24) is 0 Å². The van der Waals surface area contributed by atoms with E-state index in [4.69, 9.17) is 19.3 Å². The summed E-state index contributed by atoms with van der Waals surface area (Å²) >= 11 is 0. The van der Waals surface area contributed by atoms with Crippen LogP contribution in [0.1, 0.15) is 26.7 Å². The fourth-order valence-electron chi connectivity index (χ4n) is 1.49. The van der Waals surface area contributed by atoms with Crippen LogP contribution in [0.4, 0.5) is 0 Å². The van der Waals surface area contributed by atoms with E-state index >= 15 is 0 Å². The van der Waals surface area contributed by atoms with Crippen LogP contribution in [0.5, 0.6) is 0 Å². The highest BCUT2D eigenvalue weighted by Gasteiger charge is 2.35. The van der Waals surface area contributed by atoms with Crippen molar-refractivity contribution in [3.05, 3.63) is 0 Å². The molecule has 2 N–H and O–H groups in total. The molecule has 0 aliphatic heterocycles. The SMILES string of the molecule is CCCCO[C@@H](C)[C@@H](O)C(OC(CO)OC)C(=O)OC. The lowest BCUT2D eigenvalue weighted by Crippen LogP contribution is -2.47. The van der Waals surface area contributed by atoms with Crippen LogP contribution in [0, 0.1) is 0 Å². The van der Waals surface area contributed by atoms with E-state index in [1.165, 1.54) is 14.2 Å².